The minimum atomic E-state index is 0.0571. The highest BCUT2D eigenvalue weighted by molar-refractivity contribution is 5.02. The molecule has 0 aliphatic heterocycles. The van der Waals surface area contributed by atoms with Crippen LogP contribution >= 0.6 is 0 Å². The second kappa shape index (κ2) is 6.50. The topological polar surface area (TPSA) is 77.0 Å². The Kier molecular flexibility index (Phi) is 5.25. The standard InChI is InChI=1S/C11H20N4/c1-9(12)11(13)5-7-14-8-10-4-2-3-6-15-10/h2-4,6,9,11,14H,5,7-8,12-13H2,1H3. The van der Waals surface area contributed by atoms with Crippen LogP contribution in [0.25, 0.3) is 0 Å². The average Bonchev–Trinajstić information content (AvgIpc) is 2.25. The lowest BCUT2D eigenvalue weighted by atomic mass is 10.1. The van der Waals surface area contributed by atoms with Crippen LogP contribution in [-0.4, -0.2) is 23.6 Å². The highest BCUT2D eigenvalue weighted by Crippen LogP contribution is 1.94. The third-order valence-electron chi connectivity index (χ3n) is 2.36. The zero-order valence-electron chi connectivity index (χ0n) is 9.19. The third kappa shape index (κ3) is 4.88. The van der Waals surface area contributed by atoms with Crippen molar-refractivity contribution in [2.75, 3.05) is 6.54 Å². The van der Waals surface area contributed by atoms with Crippen molar-refractivity contribution in [1.29, 1.82) is 0 Å². The van der Waals surface area contributed by atoms with Gasteiger partial charge in [0.1, 0.15) is 0 Å². The molecule has 15 heavy (non-hydrogen) atoms. The molecule has 0 bridgehead atoms. The summed E-state index contributed by atoms with van der Waals surface area (Å²) in [7, 11) is 0. The van der Waals surface area contributed by atoms with Crippen molar-refractivity contribution in [2.24, 2.45) is 11.5 Å². The Labute approximate surface area is 91.1 Å². The van der Waals surface area contributed by atoms with Crippen LogP contribution in [0.1, 0.15) is 19.0 Å². The fourth-order valence-electron chi connectivity index (χ4n) is 1.25. The molecule has 1 heterocycles. The molecule has 84 valence electrons. The van der Waals surface area contributed by atoms with Crippen LogP contribution in [0.15, 0.2) is 24.4 Å². The summed E-state index contributed by atoms with van der Waals surface area (Å²) in [5.74, 6) is 0. The molecule has 0 amide bonds. The van der Waals surface area contributed by atoms with Gasteiger partial charge in [-0.25, -0.2) is 0 Å². The van der Waals surface area contributed by atoms with Crippen LogP contribution in [-0.2, 0) is 6.54 Å². The molecule has 1 aromatic rings. The van der Waals surface area contributed by atoms with Gasteiger partial charge in [-0.1, -0.05) is 6.07 Å². The van der Waals surface area contributed by atoms with E-state index in [0.29, 0.717) is 0 Å². The summed E-state index contributed by atoms with van der Waals surface area (Å²) in [6.07, 6.45) is 2.69. The molecule has 0 saturated heterocycles. The molecule has 0 aliphatic rings. The highest BCUT2D eigenvalue weighted by atomic mass is 14.9. The molecule has 0 radical (unpaired) electrons. The Morgan fingerprint density at radius 3 is 2.80 bits per heavy atom. The van der Waals surface area contributed by atoms with E-state index < -0.39 is 0 Å². The molecule has 4 nitrogen and oxygen atoms in total. The summed E-state index contributed by atoms with van der Waals surface area (Å²) < 4.78 is 0. The van der Waals surface area contributed by atoms with Crippen molar-refractivity contribution in [2.45, 2.75) is 32.0 Å². The largest absolute Gasteiger partial charge is 0.327 e. The minimum Gasteiger partial charge on any atom is -0.327 e. The first kappa shape index (κ1) is 12.1. The lowest BCUT2D eigenvalue weighted by Gasteiger charge is -2.15. The Morgan fingerprint density at radius 1 is 1.40 bits per heavy atom. The van der Waals surface area contributed by atoms with Gasteiger partial charge < -0.3 is 16.8 Å². The molecule has 2 unspecified atom stereocenters. The van der Waals surface area contributed by atoms with E-state index in [0.717, 1.165) is 25.2 Å². The Bertz CT molecular complexity index is 261. The molecule has 1 rings (SSSR count). The number of rotatable bonds is 6. The van der Waals surface area contributed by atoms with Crippen LogP contribution in [0.3, 0.4) is 0 Å². The van der Waals surface area contributed by atoms with Gasteiger partial charge in [-0.2, -0.15) is 0 Å². The number of nitrogens with two attached hydrogens (primary N) is 2. The number of pyridine rings is 1. The highest BCUT2D eigenvalue weighted by Gasteiger charge is 2.06. The molecule has 4 heteroatoms. The number of aromatic nitrogens is 1. The van der Waals surface area contributed by atoms with E-state index in [2.05, 4.69) is 10.3 Å². The molecular weight excluding hydrogens is 188 g/mol. The van der Waals surface area contributed by atoms with Crippen molar-refractivity contribution in [1.82, 2.24) is 10.3 Å². The van der Waals surface area contributed by atoms with Crippen LogP contribution in [0, 0.1) is 0 Å². The van der Waals surface area contributed by atoms with Gasteiger partial charge in [0, 0.05) is 24.8 Å². The van der Waals surface area contributed by atoms with Crippen LogP contribution in [0.2, 0.25) is 0 Å². The van der Waals surface area contributed by atoms with Crippen molar-refractivity contribution in [3.8, 4) is 0 Å². The summed E-state index contributed by atoms with van der Waals surface area (Å²) in [6, 6.07) is 6.02. The number of nitrogens with zero attached hydrogens (tertiary/aromatic N) is 1. The van der Waals surface area contributed by atoms with E-state index in [1.807, 2.05) is 25.1 Å². The number of nitrogens with one attached hydrogen (secondary N) is 1. The lowest BCUT2D eigenvalue weighted by Crippen LogP contribution is -2.40. The summed E-state index contributed by atoms with van der Waals surface area (Å²) in [5, 5.41) is 3.29. The average molecular weight is 208 g/mol. The molecule has 5 N–H and O–H groups in total. The molecular formula is C11H20N4. The first-order chi connectivity index (χ1) is 7.20. The lowest BCUT2D eigenvalue weighted by molar-refractivity contribution is 0.498. The smallest absolute Gasteiger partial charge is 0.0541 e. The molecule has 0 fully saturated rings. The fourth-order valence-corrected chi connectivity index (χ4v) is 1.25. The van der Waals surface area contributed by atoms with Crippen LogP contribution in [0.4, 0.5) is 0 Å². The summed E-state index contributed by atoms with van der Waals surface area (Å²) in [5.41, 5.74) is 12.5. The minimum absolute atomic E-state index is 0.0571. The first-order valence-corrected chi connectivity index (χ1v) is 5.32. The Balaban J connectivity index is 2.12. The normalized spacial score (nSPS) is 14.9. The molecule has 0 saturated carbocycles. The summed E-state index contributed by atoms with van der Waals surface area (Å²) >= 11 is 0. The fraction of sp³-hybridized carbons (Fsp3) is 0.545. The molecule has 0 aromatic carbocycles. The van der Waals surface area contributed by atoms with Crippen molar-refractivity contribution >= 4 is 0 Å². The monoisotopic (exact) mass is 208 g/mol. The van der Waals surface area contributed by atoms with Crippen LogP contribution < -0.4 is 16.8 Å². The van der Waals surface area contributed by atoms with Gasteiger partial charge >= 0.3 is 0 Å². The Hall–Kier alpha value is -0.970. The zero-order valence-corrected chi connectivity index (χ0v) is 9.19. The third-order valence-corrected chi connectivity index (χ3v) is 2.36. The zero-order chi connectivity index (χ0) is 11.1. The number of hydrogen-bond acceptors (Lipinski definition) is 4. The van der Waals surface area contributed by atoms with E-state index in [9.17, 15) is 0 Å². The van der Waals surface area contributed by atoms with Gasteiger partial charge in [0.2, 0.25) is 0 Å². The van der Waals surface area contributed by atoms with Gasteiger partial charge in [-0.05, 0) is 32.0 Å². The van der Waals surface area contributed by atoms with Crippen LogP contribution in [0.5, 0.6) is 0 Å². The van der Waals surface area contributed by atoms with Gasteiger partial charge in [0.15, 0.2) is 0 Å². The quantitative estimate of drug-likeness (QED) is 0.585. The van der Waals surface area contributed by atoms with Crippen molar-refractivity contribution < 1.29 is 0 Å². The number of hydrogen-bond donors (Lipinski definition) is 3. The van der Waals surface area contributed by atoms with Gasteiger partial charge in [0.05, 0.1) is 5.69 Å². The molecule has 1 aromatic heterocycles. The predicted molar refractivity (Wildman–Crippen MR) is 62.2 cm³/mol. The van der Waals surface area contributed by atoms with Gasteiger partial charge in [-0.3, -0.25) is 4.98 Å². The molecule has 2 atom stereocenters. The second-order valence-electron chi connectivity index (χ2n) is 3.81. The first-order valence-electron chi connectivity index (χ1n) is 5.32. The van der Waals surface area contributed by atoms with E-state index in [-0.39, 0.29) is 12.1 Å². The summed E-state index contributed by atoms with van der Waals surface area (Å²) in [6.45, 7) is 3.59. The van der Waals surface area contributed by atoms with Crippen molar-refractivity contribution in [3.63, 3.8) is 0 Å². The Morgan fingerprint density at radius 2 is 2.20 bits per heavy atom. The maximum atomic E-state index is 5.82. The predicted octanol–water partition coefficient (Wildman–Crippen LogP) is 0.236. The summed E-state index contributed by atoms with van der Waals surface area (Å²) in [4.78, 5) is 4.21. The SMILES string of the molecule is CC(N)C(N)CCNCc1ccccn1. The van der Waals surface area contributed by atoms with E-state index in [1.165, 1.54) is 0 Å². The maximum absolute atomic E-state index is 5.82. The van der Waals surface area contributed by atoms with E-state index in [1.54, 1.807) is 6.20 Å². The van der Waals surface area contributed by atoms with Crippen molar-refractivity contribution in [3.05, 3.63) is 30.1 Å². The van der Waals surface area contributed by atoms with E-state index in [4.69, 9.17) is 11.5 Å². The molecule has 0 aliphatic carbocycles. The molecule has 0 spiro atoms. The van der Waals surface area contributed by atoms with E-state index >= 15 is 0 Å². The van der Waals surface area contributed by atoms with Gasteiger partial charge in [0.25, 0.3) is 0 Å². The second-order valence-corrected chi connectivity index (χ2v) is 3.81. The maximum Gasteiger partial charge on any atom is 0.0541 e. The van der Waals surface area contributed by atoms with Gasteiger partial charge in [-0.15, -0.1) is 0 Å².